The van der Waals surface area contributed by atoms with Gasteiger partial charge in [0, 0.05) is 36.3 Å². The van der Waals surface area contributed by atoms with Crippen molar-refractivity contribution in [3.05, 3.63) is 75.8 Å². The summed E-state index contributed by atoms with van der Waals surface area (Å²) >= 11 is 0. The van der Waals surface area contributed by atoms with E-state index < -0.39 is 5.97 Å². The van der Waals surface area contributed by atoms with Crippen molar-refractivity contribution in [3.8, 4) is 34.4 Å². The zero-order valence-corrected chi connectivity index (χ0v) is 23.6. The van der Waals surface area contributed by atoms with E-state index in [2.05, 4.69) is 32.0 Å². The van der Waals surface area contributed by atoms with Gasteiger partial charge in [0.05, 0.1) is 31.3 Å². The highest BCUT2D eigenvalue weighted by Crippen LogP contribution is 2.45. The van der Waals surface area contributed by atoms with Gasteiger partial charge in [0.15, 0.2) is 0 Å². The molecule has 3 aromatic carbocycles. The van der Waals surface area contributed by atoms with Gasteiger partial charge in [0.2, 0.25) is 0 Å². The van der Waals surface area contributed by atoms with Crippen LogP contribution in [0.1, 0.15) is 71.1 Å². The molecule has 1 aliphatic carbocycles. The van der Waals surface area contributed by atoms with Gasteiger partial charge in [-0.2, -0.15) is 5.26 Å². The lowest BCUT2D eigenvalue weighted by Crippen LogP contribution is -2.21. The summed E-state index contributed by atoms with van der Waals surface area (Å²) in [7, 11) is 0. The quantitative estimate of drug-likeness (QED) is 0.333. The number of aliphatic carboxylic acids is 1. The van der Waals surface area contributed by atoms with Crippen molar-refractivity contribution in [1.82, 2.24) is 0 Å². The molecule has 2 heterocycles. The van der Waals surface area contributed by atoms with E-state index in [-0.39, 0.29) is 18.4 Å². The topological polar surface area (TPSA) is 98.0 Å². The molecule has 3 aliphatic rings. The summed E-state index contributed by atoms with van der Waals surface area (Å²) in [6, 6.07) is 16.2. The molecule has 1 fully saturated rings. The van der Waals surface area contributed by atoms with Crippen molar-refractivity contribution in [3.63, 3.8) is 0 Å². The average molecular weight is 554 g/mol. The Hall–Kier alpha value is -4.02. The summed E-state index contributed by atoms with van der Waals surface area (Å²) in [5.41, 5.74) is 8.11. The van der Waals surface area contributed by atoms with Crippen LogP contribution in [0.15, 0.2) is 42.5 Å². The molecule has 7 heteroatoms. The Kier molecular flexibility index (Phi) is 7.59. The van der Waals surface area contributed by atoms with Crippen molar-refractivity contribution in [2.24, 2.45) is 5.92 Å². The van der Waals surface area contributed by atoms with E-state index in [0.717, 1.165) is 83.6 Å². The number of fused-ring (bicyclic) bond motifs is 2. The number of hydrogen-bond donors (Lipinski definition) is 1. The fraction of sp³-hybridized carbons (Fsp3) is 0.412. The number of benzene rings is 3. The molecule has 2 aliphatic heterocycles. The van der Waals surface area contributed by atoms with Gasteiger partial charge in [-0.1, -0.05) is 12.1 Å². The molecule has 1 N–H and O–H groups in total. The van der Waals surface area contributed by atoms with E-state index >= 15 is 0 Å². The number of nitriles is 1. The SMILES string of the molecule is Cc1cc(OCC2CCOCC2)cc(C)c1-c1c(C#N)ccc2c1CC[C@H]2Oc1ccc2c(c1)OCC2CC(=O)O. The van der Waals surface area contributed by atoms with E-state index in [1.165, 1.54) is 0 Å². The lowest BCUT2D eigenvalue weighted by molar-refractivity contribution is -0.137. The smallest absolute Gasteiger partial charge is 0.304 e. The molecule has 2 atom stereocenters. The molecular formula is C34H35NO6. The lowest BCUT2D eigenvalue weighted by atomic mass is 9.87. The highest BCUT2D eigenvalue weighted by molar-refractivity contribution is 5.81. The molecule has 6 rings (SSSR count). The predicted molar refractivity (Wildman–Crippen MR) is 154 cm³/mol. The number of ether oxygens (including phenoxy) is 4. The molecule has 0 aromatic heterocycles. The van der Waals surface area contributed by atoms with Crippen LogP contribution in [0.4, 0.5) is 0 Å². The van der Waals surface area contributed by atoms with Crippen LogP contribution in [0.2, 0.25) is 0 Å². The predicted octanol–water partition coefficient (Wildman–Crippen LogP) is 6.66. The second-order valence-corrected chi connectivity index (χ2v) is 11.4. The Balaban J connectivity index is 1.25. The van der Waals surface area contributed by atoms with Crippen molar-refractivity contribution < 1.29 is 28.8 Å². The Bertz CT molecular complexity index is 1490. The van der Waals surface area contributed by atoms with E-state index in [4.69, 9.17) is 18.9 Å². The second-order valence-electron chi connectivity index (χ2n) is 11.4. The van der Waals surface area contributed by atoms with Crippen LogP contribution in [0.25, 0.3) is 11.1 Å². The minimum absolute atomic E-state index is 0.0507. The third-order valence-corrected chi connectivity index (χ3v) is 8.62. The van der Waals surface area contributed by atoms with Crippen LogP contribution in [0, 0.1) is 31.1 Å². The first-order chi connectivity index (χ1) is 19.9. The zero-order valence-electron chi connectivity index (χ0n) is 23.6. The minimum atomic E-state index is -0.829. The standard InChI is InChI=1S/C34H35NO6/c1-20-13-26(39-18-22-9-11-38-12-10-22)14-21(2)33(20)34-23(17-35)3-5-28-29(34)7-8-30(28)41-25-4-6-27-24(15-32(36)37)19-40-31(27)16-25/h3-6,13-14,16,22,24,30H,7-12,15,18-19H2,1-2H3,(H,36,37)/t24?,30-/m1/s1. The molecule has 0 bridgehead atoms. The van der Waals surface area contributed by atoms with Gasteiger partial charge >= 0.3 is 5.97 Å². The second kappa shape index (κ2) is 11.5. The van der Waals surface area contributed by atoms with Gasteiger partial charge in [-0.15, -0.1) is 0 Å². The van der Waals surface area contributed by atoms with Crippen LogP contribution >= 0.6 is 0 Å². The first kappa shape index (κ1) is 27.2. The zero-order chi connectivity index (χ0) is 28.5. The van der Waals surface area contributed by atoms with Crippen molar-refractivity contribution in [2.75, 3.05) is 26.4 Å². The number of hydrogen-bond acceptors (Lipinski definition) is 6. The van der Waals surface area contributed by atoms with Crippen molar-refractivity contribution in [1.29, 1.82) is 5.26 Å². The number of nitrogens with zero attached hydrogens (tertiary/aromatic N) is 1. The first-order valence-corrected chi connectivity index (χ1v) is 14.4. The van der Waals surface area contributed by atoms with Crippen molar-refractivity contribution >= 4 is 5.97 Å². The van der Waals surface area contributed by atoms with Gasteiger partial charge in [0.25, 0.3) is 0 Å². The molecule has 0 radical (unpaired) electrons. The van der Waals surface area contributed by atoms with Crippen LogP contribution < -0.4 is 14.2 Å². The molecule has 212 valence electrons. The summed E-state index contributed by atoms with van der Waals surface area (Å²) in [4.78, 5) is 11.2. The molecule has 7 nitrogen and oxygen atoms in total. The molecule has 3 aromatic rings. The van der Waals surface area contributed by atoms with E-state index in [0.29, 0.717) is 36.2 Å². The number of carboxylic acid groups (broad SMARTS) is 1. The van der Waals surface area contributed by atoms with Gasteiger partial charge in [-0.25, -0.2) is 0 Å². The van der Waals surface area contributed by atoms with E-state index in [9.17, 15) is 15.2 Å². The van der Waals surface area contributed by atoms with Gasteiger partial charge in [0.1, 0.15) is 23.4 Å². The first-order valence-electron chi connectivity index (χ1n) is 14.4. The fourth-order valence-electron chi connectivity index (χ4n) is 6.57. The summed E-state index contributed by atoms with van der Waals surface area (Å²) in [5.74, 6) is 1.81. The fourth-order valence-corrected chi connectivity index (χ4v) is 6.57. The van der Waals surface area contributed by atoms with Gasteiger partial charge in [-0.05, 0) is 97.5 Å². The molecule has 0 saturated carbocycles. The molecule has 0 spiro atoms. The Morgan fingerprint density at radius 3 is 2.49 bits per heavy atom. The van der Waals surface area contributed by atoms with Gasteiger partial charge < -0.3 is 24.1 Å². The Morgan fingerprint density at radius 2 is 1.76 bits per heavy atom. The normalized spacial score (nSPS) is 19.6. The average Bonchev–Trinajstić information content (AvgIpc) is 3.55. The number of rotatable bonds is 8. The Morgan fingerprint density at radius 1 is 1.00 bits per heavy atom. The van der Waals surface area contributed by atoms with Gasteiger partial charge in [-0.3, -0.25) is 4.79 Å². The summed E-state index contributed by atoms with van der Waals surface area (Å²) in [5, 5.41) is 19.3. The van der Waals surface area contributed by atoms with E-state index in [1.807, 2.05) is 30.3 Å². The van der Waals surface area contributed by atoms with Crippen molar-refractivity contribution in [2.45, 2.75) is 58.0 Å². The van der Waals surface area contributed by atoms with Crippen LogP contribution in [-0.4, -0.2) is 37.5 Å². The highest BCUT2D eigenvalue weighted by Gasteiger charge is 2.31. The maximum Gasteiger partial charge on any atom is 0.304 e. The largest absolute Gasteiger partial charge is 0.493 e. The van der Waals surface area contributed by atoms with E-state index in [1.54, 1.807) is 0 Å². The lowest BCUT2D eigenvalue weighted by Gasteiger charge is -2.23. The third kappa shape index (κ3) is 5.49. The number of aryl methyl sites for hydroxylation is 2. The molecule has 1 unspecified atom stereocenters. The molecule has 0 amide bonds. The number of carbonyl (C=O) groups is 1. The van der Waals surface area contributed by atoms with Crippen LogP contribution in [-0.2, 0) is 16.0 Å². The Labute approximate surface area is 240 Å². The summed E-state index contributed by atoms with van der Waals surface area (Å²) in [6.45, 7) is 6.86. The monoisotopic (exact) mass is 553 g/mol. The molecule has 1 saturated heterocycles. The third-order valence-electron chi connectivity index (χ3n) is 8.62. The maximum atomic E-state index is 11.2. The van der Waals surface area contributed by atoms with Crippen LogP contribution in [0.5, 0.6) is 17.2 Å². The minimum Gasteiger partial charge on any atom is -0.493 e. The summed E-state index contributed by atoms with van der Waals surface area (Å²) in [6.07, 6.45) is 3.59. The molecule has 41 heavy (non-hydrogen) atoms. The maximum absolute atomic E-state index is 11.2. The van der Waals surface area contributed by atoms with Crippen LogP contribution in [0.3, 0.4) is 0 Å². The highest BCUT2D eigenvalue weighted by atomic mass is 16.5. The number of carboxylic acids is 1. The summed E-state index contributed by atoms with van der Waals surface area (Å²) < 4.78 is 23.9. The molecular weight excluding hydrogens is 518 g/mol.